The first-order chi connectivity index (χ1) is 10.2. The number of hydrogen-bond donors (Lipinski definition) is 1. The summed E-state index contributed by atoms with van der Waals surface area (Å²) in [5, 5.41) is 0.323. The summed E-state index contributed by atoms with van der Waals surface area (Å²) < 4.78 is 5.66. The van der Waals surface area contributed by atoms with Crippen LogP contribution in [-0.4, -0.2) is 5.97 Å². The Morgan fingerprint density at radius 3 is 2.81 bits per heavy atom. The van der Waals surface area contributed by atoms with E-state index in [2.05, 4.69) is 6.07 Å². The van der Waals surface area contributed by atoms with Crippen LogP contribution < -0.4 is 5.73 Å². The quantitative estimate of drug-likeness (QED) is 0.669. The second-order valence-corrected chi connectivity index (χ2v) is 5.60. The van der Waals surface area contributed by atoms with Gasteiger partial charge >= 0.3 is 5.97 Å². The molecule has 0 heterocycles. The molecule has 21 heavy (non-hydrogen) atoms. The van der Waals surface area contributed by atoms with E-state index >= 15 is 0 Å². The molecule has 108 valence electrons. The summed E-state index contributed by atoms with van der Waals surface area (Å²) in [6.45, 7) is 0. The lowest BCUT2D eigenvalue weighted by Gasteiger charge is -2.25. The third-order valence-corrected chi connectivity index (χ3v) is 4.13. The SMILES string of the molecule is Nc1cccc(Cl)c1C(=O)OC1CCCc2ccccc21. The van der Waals surface area contributed by atoms with Crippen LogP contribution in [0.5, 0.6) is 0 Å². The van der Waals surface area contributed by atoms with Crippen molar-refractivity contribution in [2.24, 2.45) is 0 Å². The molecule has 0 radical (unpaired) electrons. The first-order valence-corrected chi connectivity index (χ1v) is 7.37. The number of ether oxygens (including phenoxy) is 1. The molecule has 0 aliphatic heterocycles. The standard InChI is InChI=1S/C17H16ClNO2/c18-13-8-4-9-14(19)16(13)17(20)21-15-10-3-6-11-5-1-2-7-12(11)15/h1-2,4-5,7-9,15H,3,6,10,19H2. The van der Waals surface area contributed by atoms with E-state index in [1.165, 1.54) is 5.56 Å². The van der Waals surface area contributed by atoms with Crippen LogP contribution in [0.15, 0.2) is 42.5 Å². The van der Waals surface area contributed by atoms with Crippen LogP contribution in [0, 0.1) is 0 Å². The van der Waals surface area contributed by atoms with Gasteiger partial charge in [0.05, 0.1) is 5.02 Å². The minimum Gasteiger partial charge on any atom is -0.454 e. The Labute approximate surface area is 128 Å². The minimum absolute atomic E-state index is 0.224. The molecular formula is C17H16ClNO2. The van der Waals surface area contributed by atoms with Crippen LogP contribution in [0.2, 0.25) is 5.02 Å². The zero-order chi connectivity index (χ0) is 14.8. The van der Waals surface area contributed by atoms with E-state index < -0.39 is 5.97 Å². The van der Waals surface area contributed by atoms with Crippen LogP contribution in [0.4, 0.5) is 5.69 Å². The number of fused-ring (bicyclic) bond motifs is 1. The van der Waals surface area contributed by atoms with Gasteiger partial charge < -0.3 is 10.5 Å². The predicted molar refractivity (Wildman–Crippen MR) is 83.4 cm³/mol. The number of esters is 1. The first-order valence-electron chi connectivity index (χ1n) is 6.99. The Morgan fingerprint density at radius 1 is 1.19 bits per heavy atom. The number of rotatable bonds is 2. The lowest BCUT2D eigenvalue weighted by atomic mass is 9.89. The molecule has 0 bridgehead atoms. The van der Waals surface area contributed by atoms with Crippen LogP contribution in [-0.2, 0) is 11.2 Å². The summed E-state index contributed by atoms with van der Waals surface area (Å²) in [5.41, 5.74) is 8.76. The van der Waals surface area contributed by atoms with Crippen molar-refractivity contribution in [2.45, 2.75) is 25.4 Å². The highest BCUT2D eigenvalue weighted by atomic mass is 35.5. The van der Waals surface area contributed by atoms with Gasteiger partial charge in [-0.1, -0.05) is 41.9 Å². The van der Waals surface area contributed by atoms with E-state index in [0.717, 1.165) is 24.8 Å². The molecule has 1 atom stereocenters. The Morgan fingerprint density at radius 2 is 2.00 bits per heavy atom. The van der Waals surface area contributed by atoms with E-state index in [9.17, 15) is 4.79 Å². The molecule has 0 spiro atoms. The van der Waals surface area contributed by atoms with E-state index in [1.54, 1.807) is 18.2 Å². The third-order valence-electron chi connectivity index (χ3n) is 3.81. The Balaban J connectivity index is 1.86. The fraction of sp³-hybridized carbons (Fsp3) is 0.235. The maximum Gasteiger partial charge on any atom is 0.342 e. The van der Waals surface area contributed by atoms with Crippen molar-refractivity contribution in [3.05, 3.63) is 64.2 Å². The smallest absolute Gasteiger partial charge is 0.342 e. The summed E-state index contributed by atoms with van der Waals surface area (Å²) >= 11 is 6.06. The molecule has 0 saturated heterocycles. The van der Waals surface area contributed by atoms with Crippen LogP contribution in [0.1, 0.15) is 40.4 Å². The highest BCUT2D eigenvalue weighted by Gasteiger charge is 2.25. The summed E-state index contributed by atoms with van der Waals surface area (Å²) in [6.07, 6.45) is 2.64. The number of halogens is 1. The Kier molecular flexibility index (Phi) is 3.84. The largest absolute Gasteiger partial charge is 0.454 e. The van der Waals surface area contributed by atoms with Gasteiger partial charge in [0.2, 0.25) is 0 Å². The zero-order valence-corrected chi connectivity index (χ0v) is 12.3. The number of hydrogen-bond acceptors (Lipinski definition) is 3. The number of anilines is 1. The van der Waals surface area contributed by atoms with Crippen molar-refractivity contribution in [3.8, 4) is 0 Å². The van der Waals surface area contributed by atoms with E-state index in [-0.39, 0.29) is 11.7 Å². The Bertz CT molecular complexity index is 664. The maximum absolute atomic E-state index is 12.4. The number of benzene rings is 2. The molecular weight excluding hydrogens is 286 g/mol. The molecule has 2 aromatic carbocycles. The highest BCUT2D eigenvalue weighted by molar-refractivity contribution is 6.34. The third kappa shape index (κ3) is 2.74. The van der Waals surface area contributed by atoms with E-state index in [1.807, 2.05) is 18.2 Å². The Hall–Kier alpha value is -2.00. The summed E-state index contributed by atoms with van der Waals surface area (Å²) in [7, 11) is 0. The molecule has 2 N–H and O–H groups in total. The molecule has 0 aromatic heterocycles. The highest BCUT2D eigenvalue weighted by Crippen LogP contribution is 2.34. The summed E-state index contributed by atoms with van der Waals surface area (Å²) in [5.74, 6) is -0.459. The molecule has 1 unspecified atom stereocenters. The van der Waals surface area contributed by atoms with Crippen molar-refractivity contribution < 1.29 is 9.53 Å². The molecule has 3 nitrogen and oxygen atoms in total. The molecule has 3 rings (SSSR count). The second kappa shape index (κ2) is 5.78. The fourth-order valence-electron chi connectivity index (χ4n) is 2.78. The van der Waals surface area contributed by atoms with Crippen LogP contribution in [0.3, 0.4) is 0 Å². The van der Waals surface area contributed by atoms with Gasteiger partial charge in [0.25, 0.3) is 0 Å². The van der Waals surface area contributed by atoms with Gasteiger partial charge in [0.15, 0.2) is 0 Å². The monoisotopic (exact) mass is 301 g/mol. The van der Waals surface area contributed by atoms with Gasteiger partial charge in [-0.15, -0.1) is 0 Å². The first kappa shape index (κ1) is 14.0. The number of aryl methyl sites for hydroxylation is 1. The van der Waals surface area contributed by atoms with Crippen LogP contribution >= 0.6 is 11.6 Å². The molecule has 0 amide bonds. The molecule has 2 aromatic rings. The van der Waals surface area contributed by atoms with Gasteiger partial charge in [-0.2, -0.15) is 0 Å². The summed E-state index contributed by atoms with van der Waals surface area (Å²) in [6, 6.07) is 13.1. The molecule has 1 aliphatic carbocycles. The number of nitrogen functional groups attached to an aromatic ring is 1. The van der Waals surface area contributed by atoms with Gasteiger partial charge in [0.1, 0.15) is 11.7 Å². The van der Waals surface area contributed by atoms with E-state index in [4.69, 9.17) is 22.1 Å². The van der Waals surface area contributed by atoms with Crippen molar-refractivity contribution in [2.75, 3.05) is 5.73 Å². The lowest BCUT2D eigenvalue weighted by molar-refractivity contribution is 0.0258. The van der Waals surface area contributed by atoms with E-state index in [0.29, 0.717) is 10.7 Å². The van der Waals surface area contributed by atoms with Gasteiger partial charge in [-0.3, -0.25) is 0 Å². The normalized spacial score (nSPS) is 17.1. The van der Waals surface area contributed by atoms with Crippen molar-refractivity contribution in [1.82, 2.24) is 0 Å². The fourth-order valence-corrected chi connectivity index (χ4v) is 3.04. The molecule has 0 fully saturated rings. The molecule has 0 saturated carbocycles. The molecule has 1 aliphatic rings. The van der Waals surface area contributed by atoms with Crippen molar-refractivity contribution in [1.29, 1.82) is 0 Å². The predicted octanol–water partition coefficient (Wildman–Crippen LogP) is 4.16. The van der Waals surface area contributed by atoms with Gasteiger partial charge in [-0.25, -0.2) is 4.79 Å². The second-order valence-electron chi connectivity index (χ2n) is 5.19. The number of nitrogens with two attached hydrogens (primary N) is 1. The number of carbonyl (C=O) groups excluding carboxylic acids is 1. The van der Waals surface area contributed by atoms with Gasteiger partial charge in [-0.05, 0) is 42.5 Å². The van der Waals surface area contributed by atoms with Crippen molar-refractivity contribution in [3.63, 3.8) is 0 Å². The maximum atomic E-state index is 12.4. The minimum atomic E-state index is -0.459. The summed E-state index contributed by atoms with van der Waals surface area (Å²) in [4.78, 5) is 12.4. The lowest BCUT2D eigenvalue weighted by Crippen LogP contribution is -2.18. The van der Waals surface area contributed by atoms with Gasteiger partial charge in [0, 0.05) is 5.69 Å². The zero-order valence-electron chi connectivity index (χ0n) is 11.5. The molecule has 4 heteroatoms. The topological polar surface area (TPSA) is 52.3 Å². The average Bonchev–Trinajstić information content (AvgIpc) is 2.47. The van der Waals surface area contributed by atoms with Crippen molar-refractivity contribution >= 4 is 23.3 Å². The average molecular weight is 302 g/mol. The van der Waals surface area contributed by atoms with Crippen LogP contribution in [0.25, 0.3) is 0 Å². The number of carbonyl (C=O) groups is 1.